The van der Waals surface area contributed by atoms with E-state index in [1.165, 1.54) is 0 Å². The summed E-state index contributed by atoms with van der Waals surface area (Å²) in [6.07, 6.45) is 5.35. The summed E-state index contributed by atoms with van der Waals surface area (Å²) >= 11 is 0. The van der Waals surface area contributed by atoms with Gasteiger partial charge in [-0.25, -0.2) is 4.79 Å². The molecule has 0 radical (unpaired) electrons. The van der Waals surface area contributed by atoms with Crippen molar-refractivity contribution in [3.8, 4) is 5.75 Å². The van der Waals surface area contributed by atoms with Crippen molar-refractivity contribution in [2.45, 2.75) is 19.3 Å². The van der Waals surface area contributed by atoms with Crippen molar-refractivity contribution in [1.29, 1.82) is 0 Å². The predicted molar refractivity (Wildman–Crippen MR) is 90.1 cm³/mol. The number of methoxy groups -OCH3 is 1. The molecule has 2 aromatic rings. The molecule has 0 N–H and O–H groups in total. The van der Waals surface area contributed by atoms with Crippen LogP contribution in [0.25, 0.3) is 12.2 Å². The van der Waals surface area contributed by atoms with Gasteiger partial charge >= 0.3 is 5.63 Å². The zero-order valence-corrected chi connectivity index (χ0v) is 13.1. The molecule has 114 valence electrons. The molecule has 0 aliphatic carbocycles. The summed E-state index contributed by atoms with van der Waals surface area (Å²) in [6, 6.07) is 11.5. The fraction of sp³-hybridized carbons (Fsp3) is 0.211. The van der Waals surface area contributed by atoms with Crippen molar-refractivity contribution in [3.63, 3.8) is 0 Å². The van der Waals surface area contributed by atoms with E-state index in [-0.39, 0.29) is 0 Å². The largest absolute Gasteiger partial charge is 0.496 e. The molecular weight excluding hydrogens is 276 g/mol. The molecule has 1 heterocycles. The quantitative estimate of drug-likeness (QED) is 0.773. The number of ether oxygens (including phenoxy) is 1. The fourth-order valence-corrected chi connectivity index (χ4v) is 2.16. The molecule has 0 spiro atoms. The highest BCUT2D eigenvalue weighted by atomic mass is 16.5. The van der Waals surface area contributed by atoms with E-state index in [2.05, 4.69) is 6.58 Å². The van der Waals surface area contributed by atoms with Gasteiger partial charge in [0.1, 0.15) is 11.5 Å². The van der Waals surface area contributed by atoms with Gasteiger partial charge in [0, 0.05) is 11.5 Å². The highest BCUT2D eigenvalue weighted by molar-refractivity contribution is 5.67. The molecular formula is C19H20O3. The van der Waals surface area contributed by atoms with Gasteiger partial charge in [-0.2, -0.15) is 0 Å². The standard InChI is InChI=1S/C19H20O3/c1-5-19(2,3)17-16(21-4)13-15(22-18(17)20)12-11-14-9-7-6-8-10-14/h5-13H,1H2,2-4H3. The Morgan fingerprint density at radius 2 is 1.86 bits per heavy atom. The lowest BCUT2D eigenvalue weighted by molar-refractivity contribution is 0.380. The first-order chi connectivity index (χ1) is 10.5. The molecule has 0 unspecified atom stereocenters. The van der Waals surface area contributed by atoms with Crippen LogP contribution in [-0.4, -0.2) is 7.11 Å². The average molecular weight is 296 g/mol. The van der Waals surface area contributed by atoms with E-state index in [1.54, 1.807) is 25.3 Å². The molecule has 22 heavy (non-hydrogen) atoms. The minimum absolute atomic E-state index is 0.406. The Morgan fingerprint density at radius 1 is 1.18 bits per heavy atom. The second kappa shape index (κ2) is 6.48. The zero-order chi connectivity index (χ0) is 16.2. The molecule has 3 heteroatoms. The minimum Gasteiger partial charge on any atom is -0.496 e. The Labute approximate surface area is 130 Å². The summed E-state index contributed by atoms with van der Waals surface area (Å²) in [5.74, 6) is 0.961. The minimum atomic E-state index is -0.520. The van der Waals surface area contributed by atoms with Gasteiger partial charge in [-0.3, -0.25) is 0 Å². The van der Waals surface area contributed by atoms with Crippen molar-refractivity contribution in [2.24, 2.45) is 0 Å². The Kier molecular flexibility index (Phi) is 4.66. The third-order valence-electron chi connectivity index (χ3n) is 3.55. The van der Waals surface area contributed by atoms with Crippen LogP contribution in [0.3, 0.4) is 0 Å². The topological polar surface area (TPSA) is 39.4 Å². The van der Waals surface area contributed by atoms with Crippen LogP contribution in [-0.2, 0) is 5.41 Å². The van der Waals surface area contributed by atoms with Gasteiger partial charge in [-0.15, -0.1) is 6.58 Å². The lowest BCUT2D eigenvalue weighted by Gasteiger charge is -2.21. The first kappa shape index (κ1) is 15.8. The van der Waals surface area contributed by atoms with E-state index in [0.29, 0.717) is 17.1 Å². The zero-order valence-electron chi connectivity index (χ0n) is 13.1. The maximum absolute atomic E-state index is 12.3. The molecule has 0 bridgehead atoms. The smallest absolute Gasteiger partial charge is 0.344 e. The van der Waals surface area contributed by atoms with E-state index >= 15 is 0 Å². The van der Waals surface area contributed by atoms with Gasteiger partial charge in [0.05, 0.1) is 12.7 Å². The van der Waals surface area contributed by atoms with Gasteiger partial charge in [-0.1, -0.05) is 56.3 Å². The fourth-order valence-electron chi connectivity index (χ4n) is 2.16. The van der Waals surface area contributed by atoms with E-state index in [0.717, 1.165) is 5.56 Å². The Morgan fingerprint density at radius 3 is 2.45 bits per heavy atom. The van der Waals surface area contributed by atoms with E-state index in [4.69, 9.17) is 9.15 Å². The maximum atomic E-state index is 12.3. The number of hydrogen-bond donors (Lipinski definition) is 0. The number of hydrogen-bond acceptors (Lipinski definition) is 3. The third-order valence-corrected chi connectivity index (χ3v) is 3.55. The van der Waals surface area contributed by atoms with Gasteiger partial charge in [0.2, 0.25) is 0 Å². The summed E-state index contributed by atoms with van der Waals surface area (Å²) in [4.78, 5) is 12.3. The van der Waals surface area contributed by atoms with Crippen molar-refractivity contribution >= 4 is 12.2 Å². The number of benzene rings is 1. The third kappa shape index (κ3) is 3.37. The summed E-state index contributed by atoms with van der Waals surface area (Å²) in [7, 11) is 1.54. The van der Waals surface area contributed by atoms with Crippen molar-refractivity contribution in [3.05, 3.63) is 76.4 Å². The van der Waals surface area contributed by atoms with Crippen LogP contribution in [0.2, 0.25) is 0 Å². The van der Waals surface area contributed by atoms with Gasteiger partial charge in [0.25, 0.3) is 0 Å². The van der Waals surface area contributed by atoms with E-state index in [1.807, 2.05) is 50.3 Å². The molecule has 0 saturated heterocycles. The molecule has 0 atom stereocenters. The van der Waals surface area contributed by atoms with Crippen LogP contribution in [0.5, 0.6) is 5.75 Å². The molecule has 2 rings (SSSR count). The number of rotatable bonds is 5. The van der Waals surface area contributed by atoms with Crippen molar-refractivity contribution < 1.29 is 9.15 Å². The Bertz CT molecular complexity index is 737. The second-order valence-corrected chi connectivity index (χ2v) is 5.55. The van der Waals surface area contributed by atoms with Gasteiger partial charge in [0.15, 0.2) is 0 Å². The normalized spacial score (nSPS) is 11.6. The van der Waals surface area contributed by atoms with Gasteiger partial charge in [-0.05, 0) is 11.6 Å². The van der Waals surface area contributed by atoms with E-state index in [9.17, 15) is 4.79 Å². The van der Waals surface area contributed by atoms with Gasteiger partial charge < -0.3 is 9.15 Å². The van der Waals surface area contributed by atoms with Crippen LogP contribution in [0, 0.1) is 0 Å². The molecule has 0 saturated carbocycles. The highest BCUT2D eigenvalue weighted by Crippen LogP contribution is 2.30. The molecule has 0 amide bonds. The van der Waals surface area contributed by atoms with Crippen LogP contribution in [0.15, 0.2) is 58.3 Å². The Balaban J connectivity index is 2.45. The van der Waals surface area contributed by atoms with Crippen molar-refractivity contribution in [1.82, 2.24) is 0 Å². The molecule has 0 fully saturated rings. The SMILES string of the molecule is C=CC(C)(C)c1c(OC)cc(C=Cc2ccccc2)oc1=O. The molecule has 1 aromatic carbocycles. The highest BCUT2D eigenvalue weighted by Gasteiger charge is 2.26. The summed E-state index contributed by atoms with van der Waals surface area (Å²) < 4.78 is 10.8. The van der Waals surface area contributed by atoms with Crippen LogP contribution in [0.1, 0.15) is 30.7 Å². The molecule has 1 aromatic heterocycles. The lowest BCUT2D eigenvalue weighted by atomic mass is 9.85. The summed E-state index contributed by atoms with van der Waals surface area (Å²) in [5.41, 5.74) is 0.576. The van der Waals surface area contributed by atoms with Crippen LogP contribution >= 0.6 is 0 Å². The monoisotopic (exact) mass is 296 g/mol. The molecule has 0 aliphatic heterocycles. The summed E-state index contributed by atoms with van der Waals surface area (Å²) in [5, 5.41) is 0. The second-order valence-electron chi connectivity index (χ2n) is 5.55. The summed E-state index contributed by atoms with van der Waals surface area (Å²) in [6.45, 7) is 7.57. The average Bonchev–Trinajstić information content (AvgIpc) is 2.53. The van der Waals surface area contributed by atoms with Crippen LogP contribution < -0.4 is 10.4 Å². The molecule has 0 aliphatic rings. The van der Waals surface area contributed by atoms with Crippen LogP contribution in [0.4, 0.5) is 0 Å². The maximum Gasteiger partial charge on any atom is 0.344 e. The first-order valence-electron chi connectivity index (χ1n) is 7.07. The Hall–Kier alpha value is -2.55. The molecule has 3 nitrogen and oxygen atoms in total. The van der Waals surface area contributed by atoms with Crippen molar-refractivity contribution in [2.75, 3.05) is 7.11 Å². The van der Waals surface area contributed by atoms with E-state index < -0.39 is 11.0 Å². The number of allylic oxidation sites excluding steroid dienone is 1. The first-order valence-corrected chi connectivity index (χ1v) is 7.07. The predicted octanol–water partition coefficient (Wildman–Crippen LogP) is 4.28. The lowest BCUT2D eigenvalue weighted by Crippen LogP contribution is -2.24.